The molecular weight excluding hydrogens is 200 g/mol. The van der Waals surface area contributed by atoms with Gasteiger partial charge in [-0.05, 0) is 25.3 Å². The molecule has 0 aliphatic rings. The van der Waals surface area contributed by atoms with Crippen molar-refractivity contribution in [3.05, 3.63) is 24.3 Å². The summed E-state index contributed by atoms with van der Waals surface area (Å²) in [7, 11) is 0. The lowest BCUT2D eigenvalue weighted by Crippen LogP contribution is -2.23. The van der Waals surface area contributed by atoms with E-state index in [4.69, 9.17) is 9.84 Å². The highest BCUT2D eigenvalue weighted by Gasteiger charge is 2.13. The van der Waals surface area contributed by atoms with Gasteiger partial charge in [0.2, 0.25) is 0 Å². The number of ether oxygens (including phenoxy) is 1. The average Bonchev–Trinajstić information content (AvgIpc) is 2.18. The fourth-order valence-corrected chi connectivity index (χ4v) is 1.49. The molecule has 0 radical (unpaired) electrons. The van der Waals surface area contributed by atoms with E-state index in [0.717, 1.165) is 4.90 Å². The summed E-state index contributed by atoms with van der Waals surface area (Å²) in [5.74, 6) is -0.337. The molecule has 0 spiro atoms. The lowest BCUT2D eigenvalue weighted by atomic mass is 10.3. The van der Waals surface area contributed by atoms with Crippen LogP contribution in [0.5, 0.6) is 5.75 Å². The van der Waals surface area contributed by atoms with Crippen LogP contribution < -0.4 is 4.74 Å². The van der Waals surface area contributed by atoms with E-state index in [1.807, 2.05) is 24.5 Å². The molecule has 4 heteroatoms. The number of carbonyl (C=O) groups is 1. The summed E-state index contributed by atoms with van der Waals surface area (Å²) in [4.78, 5) is 11.5. The van der Waals surface area contributed by atoms with E-state index in [1.165, 1.54) is 18.7 Å². The summed E-state index contributed by atoms with van der Waals surface area (Å²) in [6, 6.07) is 7.38. The van der Waals surface area contributed by atoms with Crippen LogP contribution in [0, 0.1) is 0 Å². The first-order valence-electron chi connectivity index (χ1n) is 4.17. The largest absolute Gasteiger partial charge is 0.479 e. The van der Waals surface area contributed by atoms with E-state index in [1.54, 1.807) is 6.07 Å². The number of hydrogen-bond donors (Lipinski definition) is 1. The smallest absolute Gasteiger partial charge is 0.344 e. The first-order valence-corrected chi connectivity index (χ1v) is 5.40. The van der Waals surface area contributed by atoms with Crippen molar-refractivity contribution in [3.8, 4) is 5.75 Å². The van der Waals surface area contributed by atoms with Gasteiger partial charge in [-0.1, -0.05) is 12.1 Å². The number of thioether (sulfide) groups is 1. The topological polar surface area (TPSA) is 46.5 Å². The molecule has 0 saturated carbocycles. The van der Waals surface area contributed by atoms with Crippen LogP contribution in [0.1, 0.15) is 6.92 Å². The zero-order valence-corrected chi connectivity index (χ0v) is 8.88. The Bertz CT molecular complexity index is 325. The van der Waals surface area contributed by atoms with Crippen LogP contribution in [0.25, 0.3) is 0 Å². The van der Waals surface area contributed by atoms with Crippen LogP contribution >= 0.6 is 11.8 Å². The summed E-state index contributed by atoms with van der Waals surface area (Å²) in [6.07, 6.45) is 1.11. The molecule has 14 heavy (non-hydrogen) atoms. The summed E-state index contributed by atoms with van der Waals surface area (Å²) in [6.45, 7) is 1.51. The third kappa shape index (κ3) is 2.67. The van der Waals surface area contributed by atoms with E-state index < -0.39 is 12.1 Å². The van der Waals surface area contributed by atoms with Gasteiger partial charge in [0.05, 0.1) is 0 Å². The molecule has 0 heterocycles. The lowest BCUT2D eigenvalue weighted by molar-refractivity contribution is -0.144. The van der Waals surface area contributed by atoms with E-state index in [-0.39, 0.29) is 0 Å². The third-order valence-corrected chi connectivity index (χ3v) is 2.50. The zero-order valence-electron chi connectivity index (χ0n) is 8.06. The number of aliphatic carboxylic acids is 1. The number of hydrogen-bond acceptors (Lipinski definition) is 3. The second kappa shape index (κ2) is 4.91. The van der Waals surface area contributed by atoms with Crippen LogP contribution in [-0.2, 0) is 4.79 Å². The maximum Gasteiger partial charge on any atom is 0.344 e. The van der Waals surface area contributed by atoms with Crippen molar-refractivity contribution in [2.75, 3.05) is 6.26 Å². The van der Waals surface area contributed by atoms with Gasteiger partial charge < -0.3 is 9.84 Å². The predicted molar refractivity (Wildman–Crippen MR) is 55.9 cm³/mol. The van der Waals surface area contributed by atoms with E-state index >= 15 is 0 Å². The molecule has 1 aromatic carbocycles. The number of benzene rings is 1. The normalized spacial score (nSPS) is 12.1. The second-order valence-corrected chi connectivity index (χ2v) is 3.60. The summed E-state index contributed by atoms with van der Waals surface area (Å²) >= 11 is 1.53. The van der Waals surface area contributed by atoms with Crippen molar-refractivity contribution in [1.29, 1.82) is 0 Å². The van der Waals surface area contributed by atoms with Crippen molar-refractivity contribution in [2.45, 2.75) is 17.9 Å². The Balaban J connectivity index is 2.80. The van der Waals surface area contributed by atoms with Gasteiger partial charge in [0.25, 0.3) is 0 Å². The van der Waals surface area contributed by atoms with Gasteiger partial charge in [-0.15, -0.1) is 11.8 Å². The maximum absolute atomic E-state index is 10.6. The first-order chi connectivity index (χ1) is 6.65. The van der Waals surface area contributed by atoms with Crippen LogP contribution in [0.3, 0.4) is 0 Å². The molecule has 1 unspecified atom stereocenters. The summed E-state index contributed by atoms with van der Waals surface area (Å²) in [5.41, 5.74) is 0. The van der Waals surface area contributed by atoms with Gasteiger partial charge in [-0.2, -0.15) is 0 Å². The molecule has 0 amide bonds. The highest BCUT2D eigenvalue weighted by Crippen LogP contribution is 2.27. The maximum atomic E-state index is 10.6. The summed E-state index contributed by atoms with van der Waals surface area (Å²) < 4.78 is 5.28. The van der Waals surface area contributed by atoms with Crippen molar-refractivity contribution in [2.24, 2.45) is 0 Å². The fraction of sp³-hybridized carbons (Fsp3) is 0.300. The van der Waals surface area contributed by atoms with Crippen molar-refractivity contribution in [1.82, 2.24) is 0 Å². The number of carboxylic acids is 1. The van der Waals surface area contributed by atoms with Crippen LogP contribution in [0.2, 0.25) is 0 Å². The molecular formula is C10H12O3S. The number of rotatable bonds is 4. The Morgan fingerprint density at radius 1 is 1.50 bits per heavy atom. The Kier molecular flexibility index (Phi) is 3.83. The van der Waals surface area contributed by atoms with Gasteiger partial charge in [-0.25, -0.2) is 4.79 Å². The van der Waals surface area contributed by atoms with Gasteiger partial charge >= 0.3 is 5.97 Å². The molecule has 1 N–H and O–H groups in total. The van der Waals surface area contributed by atoms with Crippen LogP contribution in [0.15, 0.2) is 29.2 Å². The number of carboxylic acid groups (broad SMARTS) is 1. The highest BCUT2D eigenvalue weighted by molar-refractivity contribution is 7.98. The minimum absolute atomic E-state index is 0.620. The molecule has 0 aliphatic carbocycles. The van der Waals surface area contributed by atoms with Gasteiger partial charge in [0.15, 0.2) is 6.10 Å². The SMILES string of the molecule is CSc1ccccc1OC(C)C(=O)O. The quantitative estimate of drug-likeness (QED) is 0.778. The second-order valence-electron chi connectivity index (χ2n) is 2.75. The van der Waals surface area contributed by atoms with E-state index in [2.05, 4.69) is 0 Å². The fourth-order valence-electron chi connectivity index (χ4n) is 0.957. The van der Waals surface area contributed by atoms with E-state index in [0.29, 0.717) is 5.75 Å². The Labute approximate surface area is 87.1 Å². The first kappa shape index (κ1) is 10.9. The highest BCUT2D eigenvalue weighted by atomic mass is 32.2. The Morgan fingerprint density at radius 2 is 2.14 bits per heavy atom. The summed E-state index contributed by atoms with van der Waals surface area (Å²) in [5, 5.41) is 8.68. The molecule has 1 atom stereocenters. The minimum atomic E-state index is -0.957. The van der Waals surface area contributed by atoms with Crippen molar-refractivity contribution < 1.29 is 14.6 Å². The van der Waals surface area contributed by atoms with Gasteiger partial charge in [0.1, 0.15) is 5.75 Å². The zero-order chi connectivity index (χ0) is 10.6. The lowest BCUT2D eigenvalue weighted by Gasteiger charge is -2.12. The monoisotopic (exact) mass is 212 g/mol. The minimum Gasteiger partial charge on any atom is -0.479 e. The molecule has 1 rings (SSSR count). The van der Waals surface area contributed by atoms with E-state index in [9.17, 15) is 4.79 Å². The van der Waals surface area contributed by atoms with Crippen LogP contribution in [0.4, 0.5) is 0 Å². The third-order valence-electron chi connectivity index (χ3n) is 1.72. The van der Waals surface area contributed by atoms with Crippen LogP contribution in [-0.4, -0.2) is 23.4 Å². The van der Waals surface area contributed by atoms with Gasteiger partial charge in [-0.3, -0.25) is 0 Å². The molecule has 3 nitrogen and oxygen atoms in total. The molecule has 1 aromatic rings. The van der Waals surface area contributed by atoms with Gasteiger partial charge in [0, 0.05) is 4.90 Å². The molecule has 0 saturated heterocycles. The van der Waals surface area contributed by atoms with Crippen molar-refractivity contribution >= 4 is 17.7 Å². The van der Waals surface area contributed by atoms with Crippen molar-refractivity contribution in [3.63, 3.8) is 0 Å². The number of para-hydroxylation sites is 1. The Morgan fingerprint density at radius 3 is 2.71 bits per heavy atom. The Hall–Kier alpha value is -1.16. The predicted octanol–water partition coefficient (Wildman–Crippen LogP) is 2.26. The molecule has 0 bridgehead atoms. The molecule has 0 aromatic heterocycles. The average molecular weight is 212 g/mol. The molecule has 0 fully saturated rings. The standard InChI is InChI=1S/C10H12O3S/c1-7(10(11)12)13-8-5-3-4-6-9(8)14-2/h3-7H,1-2H3,(H,11,12). The molecule has 76 valence electrons. The molecule has 0 aliphatic heterocycles.